The summed E-state index contributed by atoms with van der Waals surface area (Å²) in [5.41, 5.74) is 1.25. The maximum Gasteiger partial charge on any atom is 0.272 e. The van der Waals surface area contributed by atoms with Gasteiger partial charge >= 0.3 is 0 Å². The third kappa shape index (κ3) is 3.36. The van der Waals surface area contributed by atoms with E-state index in [9.17, 15) is 14.7 Å². The monoisotopic (exact) mass is 327 g/mol. The summed E-state index contributed by atoms with van der Waals surface area (Å²) in [5, 5.41) is 17.7. The van der Waals surface area contributed by atoms with Crippen LogP contribution in [-0.4, -0.2) is 44.7 Å². The molecule has 0 fully saturated rings. The highest BCUT2D eigenvalue weighted by molar-refractivity contribution is 6.00. The molecule has 3 rings (SSSR count). The molecule has 0 bridgehead atoms. The average Bonchev–Trinajstić information content (AvgIpc) is 3.11. The van der Waals surface area contributed by atoms with Crippen molar-refractivity contribution < 1.29 is 19.2 Å². The summed E-state index contributed by atoms with van der Waals surface area (Å²) in [6, 6.07) is 7.35. The van der Waals surface area contributed by atoms with Crippen LogP contribution in [0.5, 0.6) is 0 Å². The summed E-state index contributed by atoms with van der Waals surface area (Å²) < 4.78 is 4.59. The van der Waals surface area contributed by atoms with Crippen LogP contribution in [0.15, 0.2) is 47.3 Å². The zero-order valence-electron chi connectivity index (χ0n) is 12.3. The van der Waals surface area contributed by atoms with Gasteiger partial charge in [0.25, 0.3) is 11.8 Å². The van der Waals surface area contributed by atoms with Crippen molar-refractivity contribution in [2.45, 2.75) is 6.04 Å². The Hall–Kier alpha value is -3.33. The topological polar surface area (TPSA) is 130 Å². The predicted octanol–water partition coefficient (Wildman–Crippen LogP) is 0.347. The fourth-order valence-corrected chi connectivity index (χ4v) is 1.98. The van der Waals surface area contributed by atoms with Crippen LogP contribution in [-0.2, 0) is 4.79 Å². The second-order valence-corrected chi connectivity index (χ2v) is 4.83. The molecule has 0 saturated heterocycles. The lowest BCUT2D eigenvalue weighted by molar-refractivity contribution is -0.118. The van der Waals surface area contributed by atoms with Crippen molar-refractivity contribution in [3.63, 3.8) is 0 Å². The minimum absolute atomic E-state index is 0.0430. The lowest BCUT2D eigenvalue weighted by Crippen LogP contribution is -2.46. The van der Waals surface area contributed by atoms with E-state index in [-0.39, 0.29) is 11.5 Å². The molecule has 0 saturated carbocycles. The molecule has 1 atom stereocenters. The van der Waals surface area contributed by atoms with Crippen LogP contribution in [0.25, 0.3) is 11.0 Å². The summed E-state index contributed by atoms with van der Waals surface area (Å²) in [6.45, 7) is -0.587. The number of aromatic nitrogens is 3. The third-order valence-corrected chi connectivity index (χ3v) is 3.17. The zero-order valence-corrected chi connectivity index (χ0v) is 12.3. The van der Waals surface area contributed by atoms with Crippen LogP contribution >= 0.6 is 0 Å². The number of carbonyl (C=O) groups is 2. The van der Waals surface area contributed by atoms with E-state index in [0.29, 0.717) is 11.0 Å². The van der Waals surface area contributed by atoms with Crippen LogP contribution in [0.3, 0.4) is 0 Å². The highest BCUT2D eigenvalue weighted by atomic mass is 16.5. The van der Waals surface area contributed by atoms with E-state index < -0.39 is 24.5 Å². The molecule has 0 spiro atoms. The first-order valence-electron chi connectivity index (χ1n) is 7.02. The van der Waals surface area contributed by atoms with Gasteiger partial charge in [0.2, 0.25) is 0 Å². The van der Waals surface area contributed by atoms with Crippen molar-refractivity contribution in [2.75, 3.05) is 11.9 Å². The lowest BCUT2D eigenvalue weighted by atomic mass is 10.2. The van der Waals surface area contributed by atoms with Gasteiger partial charge < -0.3 is 20.3 Å². The van der Waals surface area contributed by atoms with Gasteiger partial charge in [-0.05, 0) is 12.1 Å². The van der Waals surface area contributed by atoms with Gasteiger partial charge in [0.05, 0.1) is 23.8 Å². The first kappa shape index (κ1) is 15.6. The molecule has 9 nitrogen and oxygen atoms in total. The number of para-hydroxylation sites is 2. The molecule has 0 aliphatic carbocycles. The van der Waals surface area contributed by atoms with Crippen LogP contribution < -0.4 is 10.6 Å². The molecule has 2 amide bonds. The summed E-state index contributed by atoms with van der Waals surface area (Å²) in [4.78, 5) is 32.6. The Morgan fingerprint density at radius 2 is 2.00 bits per heavy atom. The smallest absolute Gasteiger partial charge is 0.272 e. The number of hydrogen-bond acceptors (Lipinski definition) is 7. The van der Waals surface area contributed by atoms with Gasteiger partial charge in [-0.2, -0.15) is 0 Å². The number of fused-ring (bicyclic) bond motifs is 1. The molecule has 2 aromatic heterocycles. The van der Waals surface area contributed by atoms with Crippen LogP contribution in [0, 0.1) is 0 Å². The lowest BCUT2D eigenvalue weighted by Gasteiger charge is -2.14. The standard InChI is InChI=1S/C15H13N5O4/c21-8-12(15(23)19-13-5-6-24-20-13)18-14(22)11-7-16-9-3-1-2-4-10(9)17-11/h1-7,12,21H,8H2,(H,18,22)(H,19,20,23)/t12-/m0/s1. The molecule has 24 heavy (non-hydrogen) atoms. The Morgan fingerprint density at radius 3 is 2.71 bits per heavy atom. The van der Waals surface area contributed by atoms with Gasteiger partial charge in [0.1, 0.15) is 18.0 Å². The molecule has 0 unspecified atom stereocenters. The van der Waals surface area contributed by atoms with E-state index >= 15 is 0 Å². The minimum atomic E-state index is -1.16. The Bertz CT molecular complexity index is 865. The number of rotatable bonds is 5. The molecule has 9 heteroatoms. The zero-order chi connectivity index (χ0) is 16.9. The van der Waals surface area contributed by atoms with E-state index in [1.165, 1.54) is 18.5 Å². The molecule has 1 aromatic carbocycles. The molecule has 2 heterocycles. The van der Waals surface area contributed by atoms with Crippen molar-refractivity contribution in [3.8, 4) is 0 Å². The van der Waals surface area contributed by atoms with Crippen molar-refractivity contribution in [2.24, 2.45) is 0 Å². The minimum Gasteiger partial charge on any atom is -0.394 e. The normalized spacial score (nSPS) is 11.9. The Balaban J connectivity index is 1.72. The van der Waals surface area contributed by atoms with Crippen molar-refractivity contribution in [1.82, 2.24) is 20.4 Å². The highest BCUT2D eigenvalue weighted by Crippen LogP contribution is 2.08. The number of anilines is 1. The maximum atomic E-state index is 12.2. The SMILES string of the molecule is O=C(N[C@@H](CO)C(=O)Nc1ccon1)c1cnc2ccccc2n1. The number of aliphatic hydroxyl groups is 1. The van der Waals surface area contributed by atoms with Crippen molar-refractivity contribution in [1.29, 1.82) is 0 Å². The summed E-state index contributed by atoms with van der Waals surface area (Å²) in [6.07, 6.45) is 2.59. The number of hydrogen-bond donors (Lipinski definition) is 3. The van der Waals surface area contributed by atoms with Gasteiger partial charge in [0.15, 0.2) is 5.82 Å². The first-order chi connectivity index (χ1) is 11.7. The van der Waals surface area contributed by atoms with Gasteiger partial charge in [-0.3, -0.25) is 14.6 Å². The molecular weight excluding hydrogens is 314 g/mol. The first-order valence-corrected chi connectivity index (χ1v) is 7.02. The van der Waals surface area contributed by atoms with Crippen LogP contribution in [0.4, 0.5) is 5.82 Å². The fourth-order valence-electron chi connectivity index (χ4n) is 1.98. The van der Waals surface area contributed by atoms with Gasteiger partial charge in [-0.1, -0.05) is 17.3 Å². The summed E-state index contributed by atoms with van der Waals surface area (Å²) in [5.74, 6) is -1.07. The molecule has 0 radical (unpaired) electrons. The third-order valence-electron chi connectivity index (χ3n) is 3.17. The highest BCUT2D eigenvalue weighted by Gasteiger charge is 2.22. The van der Waals surface area contributed by atoms with Gasteiger partial charge in [-0.25, -0.2) is 4.98 Å². The largest absolute Gasteiger partial charge is 0.394 e. The van der Waals surface area contributed by atoms with E-state index in [4.69, 9.17) is 0 Å². The maximum absolute atomic E-state index is 12.2. The van der Waals surface area contributed by atoms with Crippen molar-refractivity contribution >= 4 is 28.7 Å². The average molecular weight is 327 g/mol. The quantitative estimate of drug-likeness (QED) is 0.616. The van der Waals surface area contributed by atoms with E-state index in [2.05, 4.69) is 30.3 Å². The van der Waals surface area contributed by atoms with E-state index in [1.807, 2.05) is 6.07 Å². The van der Waals surface area contributed by atoms with E-state index in [1.54, 1.807) is 18.2 Å². The fraction of sp³-hybridized carbons (Fsp3) is 0.133. The Kier molecular flexibility index (Phi) is 4.43. The molecule has 3 N–H and O–H groups in total. The summed E-state index contributed by atoms with van der Waals surface area (Å²) in [7, 11) is 0. The summed E-state index contributed by atoms with van der Waals surface area (Å²) >= 11 is 0. The van der Waals surface area contributed by atoms with Crippen LogP contribution in [0.1, 0.15) is 10.5 Å². The second-order valence-electron chi connectivity index (χ2n) is 4.83. The molecule has 0 aliphatic rings. The molecular formula is C15H13N5O4. The Labute approximate surface area is 135 Å². The van der Waals surface area contributed by atoms with Crippen molar-refractivity contribution in [3.05, 3.63) is 48.5 Å². The number of carbonyl (C=O) groups excluding carboxylic acids is 2. The molecule has 0 aliphatic heterocycles. The van der Waals surface area contributed by atoms with Gasteiger partial charge in [0, 0.05) is 6.07 Å². The van der Waals surface area contributed by atoms with Gasteiger partial charge in [-0.15, -0.1) is 0 Å². The molecule has 3 aromatic rings. The number of nitrogens with zero attached hydrogens (tertiary/aromatic N) is 3. The molecule has 122 valence electrons. The Morgan fingerprint density at radius 1 is 1.21 bits per heavy atom. The number of amides is 2. The second kappa shape index (κ2) is 6.84. The number of benzene rings is 1. The number of nitrogens with one attached hydrogen (secondary N) is 2. The van der Waals surface area contributed by atoms with Crippen LogP contribution in [0.2, 0.25) is 0 Å². The number of aliphatic hydroxyl groups excluding tert-OH is 1. The van der Waals surface area contributed by atoms with E-state index in [0.717, 1.165) is 0 Å². The predicted molar refractivity (Wildman–Crippen MR) is 83.0 cm³/mol.